The van der Waals surface area contributed by atoms with Gasteiger partial charge in [-0.25, -0.2) is 0 Å². The van der Waals surface area contributed by atoms with E-state index in [0.717, 1.165) is 30.6 Å². The van der Waals surface area contributed by atoms with E-state index in [-0.39, 0.29) is 6.10 Å². The summed E-state index contributed by atoms with van der Waals surface area (Å²) in [6.07, 6.45) is 3.82. The van der Waals surface area contributed by atoms with Gasteiger partial charge in [0.05, 0.1) is 25.2 Å². The first-order chi connectivity index (χ1) is 10.3. The molecule has 0 aliphatic carbocycles. The molecule has 2 aliphatic rings. The fourth-order valence-corrected chi connectivity index (χ4v) is 3.49. The van der Waals surface area contributed by atoms with Gasteiger partial charge in [-0.3, -0.25) is 0 Å². The van der Waals surface area contributed by atoms with E-state index in [9.17, 15) is 0 Å². The Bertz CT molecular complexity index is 601. The molecule has 0 radical (unpaired) electrons. The Labute approximate surface area is 127 Å². The van der Waals surface area contributed by atoms with Gasteiger partial charge in [-0.05, 0) is 54.7 Å². The topological polar surface area (TPSA) is 18.5 Å². The molecule has 2 bridgehead atoms. The minimum atomic E-state index is 0.237. The summed E-state index contributed by atoms with van der Waals surface area (Å²) in [5, 5.41) is 0. The van der Waals surface area contributed by atoms with E-state index in [0.29, 0.717) is 12.0 Å². The maximum Gasteiger partial charge on any atom is 0.118 e. The predicted molar refractivity (Wildman–Crippen MR) is 84.2 cm³/mol. The molecule has 0 amide bonds. The molecule has 3 unspecified atom stereocenters. The van der Waals surface area contributed by atoms with Crippen molar-refractivity contribution in [3.63, 3.8) is 0 Å². The molecule has 1 saturated heterocycles. The molecule has 2 aliphatic heterocycles. The highest BCUT2D eigenvalue weighted by Crippen LogP contribution is 2.45. The molecule has 0 N–H and O–H groups in total. The van der Waals surface area contributed by atoms with Crippen molar-refractivity contribution >= 4 is 0 Å². The zero-order valence-electron chi connectivity index (χ0n) is 13.0. The Kier molecular flexibility index (Phi) is 4.03. The van der Waals surface area contributed by atoms with Crippen LogP contribution in [-0.4, -0.2) is 19.3 Å². The molecule has 2 heteroatoms. The van der Waals surface area contributed by atoms with Crippen molar-refractivity contribution in [1.29, 1.82) is 0 Å². The van der Waals surface area contributed by atoms with Gasteiger partial charge in [0.1, 0.15) is 5.75 Å². The second-order valence-electron chi connectivity index (χ2n) is 5.64. The van der Waals surface area contributed by atoms with Crippen molar-refractivity contribution in [1.82, 2.24) is 0 Å². The van der Waals surface area contributed by atoms with Crippen LogP contribution in [0.4, 0.5) is 0 Å². The van der Waals surface area contributed by atoms with Gasteiger partial charge in [-0.2, -0.15) is 0 Å². The average molecular weight is 282 g/mol. The van der Waals surface area contributed by atoms with Gasteiger partial charge < -0.3 is 9.47 Å². The Morgan fingerprint density at radius 1 is 1.14 bits per heavy atom. The minimum absolute atomic E-state index is 0.237. The molecular formula is C19H22O2. The van der Waals surface area contributed by atoms with Crippen LogP contribution in [0.25, 0.3) is 0 Å². The molecule has 1 fully saturated rings. The van der Waals surface area contributed by atoms with Crippen molar-refractivity contribution in [2.24, 2.45) is 5.92 Å². The lowest BCUT2D eigenvalue weighted by Crippen LogP contribution is -2.18. The smallest absolute Gasteiger partial charge is 0.118 e. The third kappa shape index (κ3) is 2.59. The predicted octanol–water partition coefficient (Wildman–Crippen LogP) is 3.95. The summed E-state index contributed by atoms with van der Waals surface area (Å²) < 4.78 is 11.3. The molecular weight excluding hydrogens is 260 g/mol. The highest BCUT2D eigenvalue weighted by atomic mass is 16.5. The second-order valence-corrected chi connectivity index (χ2v) is 5.64. The summed E-state index contributed by atoms with van der Waals surface area (Å²) in [5.41, 5.74) is 4.07. The number of benzene rings is 1. The average Bonchev–Trinajstić information content (AvgIpc) is 3.10. The van der Waals surface area contributed by atoms with Gasteiger partial charge in [-0.1, -0.05) is 25.7 Å². The number of rotatable bonds is 3. The molecule has 0 aromatic heterocycles. The molecule has 3 rings (SSSR count). The highest BCUT2D eigenvalue weighted by molar-refractivity contribution is 5.41. The fraction of sp³-hybridized carbons (Fsp3) is 0.474. The van der Waals surface area contributed by atoms with E-state index >= 15 is 0 Å². The zero-order chi connectivity index (χ0) is 14.8. The third-order valence-corrected chi connectivity index (χ3v) is 4.54. The van der Waals surface area contributed by atoms with E-state index < -0.39 is 0 Å². The summed E-state index contributed by atoms with van der Waals surface area (Å²) in [6.45, 7) is 4.45. The largest absolute Gasteiger partial charge is 0.497 e. The van der Waals surface area contributed by atoms with Crippen LogP contribution >= 0.6 is 0 Å². The van der Waals surface area contributed by atoms with Crippen LogP contribution in [0.2, 0.25) is 0 Å². The van der Waals surface area contributed by atoms with Crippen LogP contribution in [0.15, 0.2) is 35.4 Å². The number of methoxy groups -OCH3 is 1. The number of hydrogen-bond acceptors (Lipinski definition) is 2. The van der Waals surface area contributed by atoms with Crippen LogP contribution in [-0.2, 0) is 4.74 Å². The van der Waals surface area contributed by atoms with Gasteiger partial charge in [0.25, 0.3) is 0 Å². The maximum absolute atomic E-state index is 6.12. The molecule has 1 aromatic carbocycles. The van der Waals surface area contributed by atoms with Crippen LogP contribution < -0.4 is 4.74 Å². The zero-order valence-corrected chi connectivity index (χ0v) is 13.0. The minimum Gasteiger partial charge on any atom is -0.497 e. The fourth-order valence-electron chi connectivity index (χ4n) is 3.49. The maximum atomic E-state index is 6.12. The summed E-state index contributed by atoms with van der Waals surface area (Å²) in [6, 6.07) is 7.92. The summed E-state index contributed by atoms with van der Waals surface area (Å²) >= 11 is 0. The van der Waals surface area contributed by atoms with Gasteiger partial charge in [0.15, 0.2) is 0 Å². The van der Waals surface area contributed by atoms with E-state index in [4.69, 9.17) is 9.47 Å². The summed E-state index contributed by atoms with van der Waals surface area (Å²) in [4.78, 5) is 0. The molecule has 3 atom stereocenters. The van der Waals surface area contributed by atoms with Crippen molar-refractivity contribution in [3.05, 3.63) is 41.0 Å². The number of ether oxygens (including phenoxy) is 2. The lowest BCUT2D eigenvalue weighted by Gasteiger charge is -2.19. The first kappa shape index (κ1) is 14.2. The third-order valence-electron chi connectivity index (χ3n) is 4.54. The Hall–Kier alpha value is -1.72. The molecule has 110 valence electrons. The second kappa shape index (κ2) is 5.95. The Morgan fingerprint density at radius 3 is 2.48 bits per heavy atom. The number of fused-ring (bicyclic) bond motifs is 2. The first-order valence-electron chi connectivity index (χ1n) is 7.79. The van der Waals surface area contributed by atoms with Crippen molar-refractivity contribution < 1.29 is 9.47 Å². The van der Waals surface area contributed by atoms with Crippen molar-refractivity contribution in [2.75, 3.05) is 7.11 Å². The molecule has 21 heavy (non-hydrogen) atoms. The highest BCUT2D eigenvalue weighted by Gasteiger charge is 2.44. The normalized spacial score (nSPS) is 26.7. The van der Waals surface area contributed by atoms with Gasteiger partial charge >= 0.3 is 0 Å². The van der Waals surface area contributed by atoms with Crippen LogP contribution in [0.1, 0.15) is 38.7 Å². The molecule has 2 heterocycles. The monoisotopic (exact) mass is 282 g/mol. The molecule has 0 saturated carbocycles. The van der Waals surface area contributed by atoms with E-state index in [1.807, 2.05) is 24.3 Å². The van der Waals surface area contributed by atoms with Gasteiger partial charge in [-0.15, -0.1) is 0 Å². The van der Waals surface area contributed by atoms with E-state index in [1.54, 1.807) is 7.11 Å². The van der Waals surface area contributed by atoms with Crippen molar-refractivity contribution in [3.8, 4) is 17.6 Å². The molecule has 2 nitrogen and oxygen atoms in total. The summed E-state index contributed by atoms with van der Waals surface area (Å²) in [7, 11) is 1.68. The van der Waals surface area contributed by atoms with Crippen LogP contribution in [0.5, 0.6) is 5.75 Å². The standard InChI is InChI=1S/C19H22O2/c1-4-16-17(5-2)19-14(12-18(16)21-19)9-6-13-7-10-15(20-3)11-8-13/h7-8,10-11,14,18-19H,4-5,12H2,1-3H3. The van der Waals surface area contributed by atoms with E-state index in [2.05, 4.69) is 25.7 Å². The quantitative estimate of drug-likeness (QED) is 0.617. The van der Waals surface area contributed by atoms with Crippen molar-refractivity contribution in [2.45, 2.75) is 45.3 Å². The molecule has 1 aromatic rings. The van der Waals surface area contributed by atoms with E-state index in [1.165, 1.54) is 11.1 Å². The van der Waals surface area contributed by atoms with Gasteiger partial charge in [0.2, 0.25) is 0 Å². The van der Waals surface area contributed by atoms with Gasteiger partial charge in [0, 0.05) is 5.56 Å². The Morgan fingerprint density at radius 2 is 1.86 bits per heavy atom. The first-order valence-corrected chi connectivity index (χ1v) is 7.79. The van der Waals surface area contributed by atoms with Crippen LogP contribution in [0.3, 0.4) is 0 Å². The lowest BCUT2D eigenvalue weighted by molar-refractivity contribution is 0.104. The lowest BCUT2D eigenvalue weighted by atomic mass is 9.82. The molecule has 0 spiro atoms. The SMILES string of the molecule is CCC1=C(CC)C2OC1CC2C#Cc1ccc(OC)cc1. The number of hydrogen-bond donors (Lipinski definition) is 0. The Balaban J connectivity index is 1.76. The summed E-state index contributed by atoms with van der Waals surface area (Å²) in [5.74, 6) is 7.94. The van der Waals surface area contributed by atoms with Crippen LogP contribution in [0, 0.1) is 17.8 Å².